The number of nitro groups is 2. The van der Waals surface area contributed by atoms with Gasteiger partial charge in [-0.3, -0.25) is 25.1 Å². The minimum absolute atomic E-state index is 0. The molecule has 0 aromatic heterocycles. The highest BCUT2D eigenvalue weighted by Gasteiger charge is 2.17. The molecule has 0 heterocycles. The van der Waals surface area contributed by atoms with Gasteiger partial charge in [-0.15, -0.1) is 12.4 Å². The van der Waals surface area contributed by atoms with Crippen LogP contribution in [0, 0.1) is 20.2 Å². The first kappa shape index (κ1) is 33.7. The lowest BCUT2D eigenvalue weighted by Gasteiger charge is -2.22. The molecule has 0 aliphatic rings. The highest BCUT2D eigenvalue weighted by atomic mass is 35.5. The number of non-ortho nitro benzene ring substituents is 2. The maximum Gasteiger partial charge on any atom is 0.269 e. The van der Waals surface area contributed by atoms with Crippen molar-refractivity contribution in [1.82, 2.24) is 14.3 Å². The Hall–Kier alpha value is -3.47. The van der Waals surface area contributed by atoms with Gasteiger partial charge in [0.25, 0.3) is 11.4 Å². The van der Waals surface area contributed by atoms with Gasteiger partial charge in [-0.25, -0.2) is 26.3 Å². The largest absolute Gasteiger partial charge is 0.299 e. The molecule has 0 saturated heterocycles. The van der Waals surface area contributed by atoms with E-state index < -0.39 is 29.9 Å². The van der Waals surface area contributed by atoms with Crippen LogP contribution < -0.4 is 9.44 Å². The summed E-state index contributed by atoms with van der Waals surface area (Å²) >= 11 is 0. The molecule has 0 saturated carbocycles. The van der Waals surface area contributed by atoms with E-state index in [1.165, 1.54) is 24.3 Å². The van der Waals surface area contributed by atoms with Gasteiger partial charge in [-0.05, 0) is 55.8 Å². The van der Waals surface area contributed by atoms with Gasteiger partial charge < -0.3 is 0 Å². The number of sulfonamides is 2. The Morgan fingerprint density at radius 3 is 1.39 bits per heavy atom. The van der Waals surface area contributed by atoms with Gasteiger partial charge in [-0.2, -0.15) is 0 Å². The topological polar surface area (TPSA) is 182 Å². The van der Waals surface area contributed by atoms with Gasteiger partial charge in [0, 0.05) is 43.9 Å². The predicted octanol–water partition coefficient (Wildman–Crippen LogP) is 3.46. The van der Waals surface area contributed by atoms with Gasteiger partial charge in [0.1, 0.15) is 0 Å². The first-order chi connectivity index (χ1) is 19.0. The van der Waals surface area contributed by atoms with E-state index in [4.69, 9.17) is 0 Å². The summed E-state index contributed by atoms with van der Waals surface area (Å²) in [5.74, 6) is 0. The summed E-state index contributed by atoms with van der Waals surface area (Å²) in [7, 11) is -7.67. The third kappa shape index (κ3) is 10.5. The van der Waals surface area contributed by atoms with Crippen molar-refractivity contribution >= 4 is 43.8 Å². The normalized spacial score (nSPS) is 11.6. The summed E-state index contributed by atoms with van der Waals surface area (Å²) in [6.45, 7) is 1.89. The number of nitrogens with one attached hydrogen (secondary N) is 2. The quantitative estimate of drug-likeness (QED) is 0.136. The van der Waals surface area contributed by atoms with Crippen molar-refractivity contribution in [2.45, 2.75) is 29.2 Å². The molecule has 0 amide bonds. The second-order valence-corrected chi connectivity index (χ2v) is 12.3. The highest BCUT2D eigenvalue weighted by molar-refractivity contribution is 7.89. The number of halogens is 1. The molecule has 0 radical (unpaired) electrons. The number of nitro benzene ring substituents is 2. The van der Waals surface area contributed by atoms with Crippen LogP contribution in [0.5, 0.6) is 0 Å². The highest BCUT2D eigenvalue weighted by Crippen LogP contribution is 2.17. The standard InChI is InChI=1S/C25H29N5O8S2.ClH/c31-29(32)22-8-12-24(13-9-22)39(35,36)26-16-4-18-28(20-21-6-2-1-3-7-21)19-5-17-27-40(37,38)25-14-10-23(11-15-25)30(33)34;/h1-3,6-15,26-27H,4-5,16-20H2;1H. The van der Waals surface area contributed by atoms with Gasteiger partial charge in [0.15, 0.2) is 0 Å². The van der Waals surface area contributed by atoms with Crippen LogP contribution >= 0.6 is 12.4 Å². The number of benzene rings is 3. The van der Waals surface area contributed by atoms with Crippen LogP contribution in [0.15, 0.2) is 88.7 Å². The Labute approximate surface area is 244 Å². The van der Waals surface area contributed by atoms with E-state index >= 15 is 0 Å². The predicted molar refractivity (Wildman–Crippen MR) is 155 cm³/mol. The van der Waals surface area contributed by atoms with Crippen molar-refractivity contribution in [3.63, 3.8) is 0 Å². The molecule has 41 heavy (non-hydrogen) atoms. The van der Waals surface area contributed by atoms with Crippen LogP contribution in [-0.4, -0.2) is 57.8 Å². The maximum atomic E-state index is 12.5. The van der Waals surface area contributed by atoms with Crippen molar-refractivity contribution in [2.75, 3.05) is 26.2 Å². The molecule has 0 bridgehead atoms. The summed E-state index contributed by atoms with van der Waals surface area (Å²) in [5, 5.41) is 21.6. The Morgan fingerprint density at radius 2 is 1.02 bits per heavy atom. The summed E-state index contributed by atoms with van der Waals surface area (Å²) in [4.78, 5) is 22.3. The number of hydrogen-bond donors (Lipinski definition) is 2. The van der Waals surface area contributed by atoms with Crippen LogP contribution in [-0.2, 0) is 26.6 Å². The van der Waals surface area contributed by atoms with E-state index in [0.29, 0.717) is 32.5 Å². The molecule has 13 nitrogen and oxygen atoms in total. The summed E-state index contributed by atoms with van der Waals surface area (Å²) in [5.41, 5.74) is 0.636. The van der Waals surface area contributed by atoms with Crippen LogP contribution in [0.25, 0.3) is 0 Å². The third-order valence-corrected chi connectivity index (χ3v) is 8.80. The molecule has 16 heteroatoms. The van der Waals surface area contributed by atoms with E-state index in [-0.39, 0.29) is 46.7 Å². The van der Waals surface area contributed by atoms with Crippen molar-refractivity contribution in [3.05, 3.63) is 105 Å². The molecule has 0 aliphatic carbocycles. The fourth-order valence-electron chi connectivity index (χ4n) is 3.79. The monoisotopic (exact) mass is 627 g/mol. The zero-order chi connectivity index (χ0) is 29.2. The summed E-state index contributed by atoms with van der Waals surface area (Å²) < 4.78 is 55.1. The van der Waals surface area contributed by atoms with Gasteiger partial charge in [0.2, 0.25) is 20.0 Å². The SMILES string of the molecule is Cl.O=[N+]([O-])c1ccc(S(=O)(=O)NCCCN(CCCNS(=O)(=O)c2ccc([N+](=O)[O-])cc2)Cc2ccccc2)cc1. The Kier molecular flexibility index (Phi) is 12.8. The van der Waals surface area contributed by atoms with Crippen LogP contribution in [0.2, 0.25) is 0 Å². The molecule has 0 atom stereocenters. The second-order valence-electron chi connectivity index (χ2n) is 8.77. The number of hydrogen-bond acceptors (Lipinski definition) is 9. The average molecular weight is 628 g/mol. The lowest BCUT2D eigenvalue weighted by molar-refractivity contribution is -0.385. The fourth-order valence-corrected chi connectivity index (χ4v) is 5.94. The Balaban J connectivity index is 0.00000588. The smallest absolute Gasteiger partial charge is 0.269 e. The van der Waals surface area contributed by atoms with Crippen molar-refractivity contribution in [3.8, 4) is 0 Å². The third-order valence-electron chi connectivity index (χ3n) is 5.85. The van der Waals surface area contributed by atoms with E-state index in [0.717, 1.165) is 29.8 Å². The minimum atomic E-state index is -3.84. The Morgan fingerprint density at radius 1 is 0.634 bits per heavy atom. The van der Waals surface area contributed by atoms with Crippen molar-refractivity contribution in [2.24, 2.45) is 0 Å². The molecule has 0 spiro atoms. The van der Waals surface area contributed by atoms with Gasteiger partial charge >= 0.3 is 0 Å². The van der Waals surface area contributed by atoms with Crippen LogP contribution in [0.1, 0.15) is 18.4 Å². The minimum Gasteiger partial charge on any atom is -0.299 e. The van der Waals surface area contributed by atoms with E-state index in [1.807, 2.05) is 30.3 Å². The van der Waals surface area contributed by atoms with Crippen LogP contribution in [0.3, 0.4) is 0 Å². The molecule has 2 N–H and O–H groups in total. The average Bonchev–Trinajstić information content (AvgIpc) is 2.94. The molecular weight excluding hydrogens is 598 g/mol. The van der Waals surface area contributed by atoms with Crippen molar-refractivity contribution < 1.29 is 26.7 Å². The van der Waals surface area contributed by atoms with E-state index in [9.17, 15) is 37.1 Å². The van der Waals surface area contributed by atoms with Gasteiger partial charge in [0.05, 0.1) is 19.6 Å². The second kappa shape index (κ2) is 15.5. The number of rotatable bonds is 16. The van der Waals surface area contributed by atoms with E-state index in [1.54, 1.807) is 0 Å². The molecule has 3 aromatic rings. The molecule has 0 unspecified atom stereocenters. The van der Waals surface area contributed by atoms with E-state index in [2.05, 4.69) is 14.3 Å². The zero-order valence-electron chi connectivity index (χ0n) is 21.8. The van der Waals surface area contributed by atoms with Crippen LogP contribution in [0.4, 0.5) is 11.4 Å². The first-order valence-electron chi connectivity index (χ1n) is 12.2. The van der Waals surface area contributed by atoms with Crippen molar-refractivity contribution in [1.29, 1.82) is 0 Å². The molecule has 0 aliphatic heterocycles. The summed E-state index contributed by atoms with van der Waals surface area (Å²) in [6.07, 6.45) is 0.932. The first-order valence-corrected chi connectivity index (χ1v) is 15.2. The zero-order valence-corrected chi connectivity index (χ0v) is 24.2. The molecular formula is C25H30ClN5O8S2. The molecule has 222 valence electrons. The molecule has 3 rings (SSSR count). The maximum absolute atomic E-state index is 12.5. The lowest BCUT2D eigenvalue weighted by Crippen LogP contribution is -2.32. The Bertz CT molecular complexity index is 1410. The number of nitrogens with zero attached hydrogens (tertiary/aromatic N) is 3. The van der Waals surface area contributed by atoms with Gasteiger partial charge in [-0.1, -0.05) is 30.3 Å². The summed E-state index contributed by atoms with van der Waals surface area (Å²) in [6, 6.07) is 18.9. The fraction of sp³-hybridized carbons (Fsp3) is 0.280. The molecule has 3 aromatic carbocycles. The molecule has 0 fully saturated rings. The lowest BCUT2D eigenvalue weighted by atomic mass is 10.2.